The van der Waals surface area contributed by atoms with Gasteiger partial charge in [-0.15, -0.1) is 24.8 Å². The van der Waals surface area contributed by atoms with Crippen LogP contribution >= 0.6 is 24.8 Å². The molecule has 1 aromatic rings. The summed E-state index contributed by atoms with van der Waals surface area (Å²) >= 11 is 0. The summed E-state index contributed by atoms with van der Waals surface area (Å²) in [6.45, 7) is 5.06. The molecule has 2 N–H and O–H groups in total. The summed E-state index contributed by atoms with van der Waals surface area (Å²) in [4.78, 5) is 4.69. The van der Waals surface area contributed by atoms with E-state index in [2.05, 4.69) is 27.8 Å². The highest BCUT2D eigenvalue weighted by Crippen LogP contribution is 2.19. The van der Waals surface area contributed by atoms with Gasteiger partial charge in [0.05, 0.1) is 6.61 Å². The van der Waals surface area contributed by atoms with Gasteiger partial charge in [0, 0.05) is 25.3 Å². The van der Waals surface area contributed by atoms with E-state index in [9.17, 15) is 0 Å². The Morgan fingerprint density at radius 3 is 2.91 bits per heavy atom. The number of nitrogens with one attached hydrogen (secondary N) is 2. The number of halogens is 2. The molecule has 1 unspecified atom stereocenters. The highest BCUT2D eigenvalue weighted by Gasteiger charge is 2.13. The number of pyridine rings is 1. The van der Waals surface area contributed by atoms with Gasteiger partial charge in [0.15, 0.2) is 0 Å². The minimum Gasteiger partial charge on any atom is -0.381 e. The number of anilines is 1. The quantitative estimate of drug-likeness (QED) is 0.776. The standard InChI is InChI=1S/C16H25N3O.2ClH/c1-2-14-3-4-15(19-16(14)18-8-1)7-11-20-10-6-13-5-9-17-12-13;;/h3-4,13,17H,1-2,5-12H2,(H,18,19);2*1H. The van der Waals surface area contributed by atoms with E-state index in [1.807, 2.05) is 0 Å². The molecule has 1 aromatic heterocycles. The smallest absolute Gasteiger partial charge is 0.129 e. The summed E-state index contributed by atoms with van der Waals surface area (Å²) in [5.74, 6) is 1.91. The van der Waals surface area contributed by atoms with Gasteiger partial charge in [0.25, 0.3) is 0 Å². The van der Waals surface area contributed by atoms with Crippen molar-refractivity contribution in [2.45, 2.75) is 32.1 Å². The second kappa shape index (κ2) is 10.3. The van der Waals surface area contributed by atoms with E-state index in [1.54, 1.807) is 0 Å². The monoisotopic (exact) mass is 347 g/mol. The molecule has 1 fully saturated rings. The highest BCUT2D eigenvalue weighted by atomic mass is 35.5. The minimum absolute atomic E-state index is 0. The highest BCUT2D eigenvalue weighted by molar-refractivity contribution is 5.85. The Kier molecular flexibility index (Phi) is 9.10. The molecule has 6 heteroatoms. The van der Waals surface area contributed by atoms with Crippen molar-refractivity contribution in [3.63, 3.8) is 0 Å². The zero-order chi connectivity index (χ0) is 13.6. The van der Waals surface area contributed by atoms with Gasteiger partial charge in [-0.25, -0.2) is 4.98 Å². The Hall–Kier alpha value is -0.550. The number of rotatable bonds is 6. The van der Waals surface area contributed by atoms with Crippen LogP contribution in [-0.4, -0.2) is 37.8 Å². The van der Waals surface area contributed by atoms with Gasteiger partial charge < -0.3 is 15.4 Å². The molecule has 1 saturated heterocycles. The molecule has 0 saturated carbocycles. The summed E-state index contributed by atoms with van der Waals surface area (Å²) in [5, 5.41) is 6.78. The van der Waals surface area contributed by atoms with Gasteiger partial charge in [0.1, 0.15) is 5.82 Å². The van der Waals surface area contributed by atoms with Gasteiger partial charge in [0.2, 0.25) is 0 Å². The molecule has 4 nitrogen and oxygen atoms in total. The summed E-state index contributed by atoms with van der Waals surface area (Å²) in [5.41, 5.74) is 2.50. The average Bonchev–Trinajstić information content (AvgIpc) is 3.00. The van der Waals surface area contributed by atoms with Crippen LogP contribution in [0.1, 0.15) is 30.5 Å². The SMILES string of the molecule is Cl.Cl.c1cc2c(nc1CCOCCC1CCNC1)NCCC2. The second-order valence-corrected chi connectivity index (χ2v) is 5.85. The van der Waals surface area contributed by atoms with E-state index in [0.29, 0.717) is 0 Å². The van der Waals surface area contributed by atoms with Crippen molar-refractivity contribution in [2.75, 3.05) is 38.2 Å². The molecule has 0 amide bonds. The molecule has 1 atom stereocenters. The number of hydrogen-bond acceptors (Lipinski definition) is 4. The Bertz CT molecular complexity index is 439. The van der Waals surface area contributed by atoms with Crippen LogP contribution in [0.2, 0.25) is 0 Å². The minimum atomic E-state index is 0. The first-order valence-corrected chi connectivity index (χ1v) is 7.93. The van der Waals surface area contributed by atoms with Crippen molar-refractivity contribution < 1.29 is 4.74 Å². The average molecular weight is 348 g/mol. The Labute approximate surface area is 145 Å². The van der Waals surface area contributed by atoms with E-state index in [4.69, 9.17) is 4.74 Å². The molecule has 2 aliphatic rings. The molecule has 3 heterocycles. The maximum atomic E-state index is 5.76. The van der Waals surface area contributed by atoms with Crippen LogP contribution in [0, 0.1) is 5.92 Å². The molecule has 0 aliphatic carbocycles. The van der Waals surface area contributed by atoms with Gasteiger partial charge in [-0.05, 0) is 56.3 Å². The van der Waals surface area contributed by atoms with Crippen LogP contribution < -0.4 is 10.6 Å². The van der Waals surface area contributed by atoms with Gasteiger partial charge in [-0.3, -0.25) is 0 Å². The van der Waals surface area contributed by atoms with Crippen molar-refractivity contribution >= 4 is 30.6 Å². The van der Waals surface area contributed by atoms with Crippen LogP contribution in [0.5, 0.6) is 0 Å². The molecule has 0 bridgehead atoms. The predicted octanol–water partition coefficient (Wildman–Crippen LogP) is 2.84. The third kappa shape index (κ3) is 5.58. The zero-order valence-electron chi connectivity index (χ0n) is 13.0. The number of hydrogen-bond donors (Lipinski definition) is 2. The summed E-state index contributed by atoms with van der Waals surface area (Å²) in [6, 6.07) is 4.37. The lowest BCUT2D eigenvalue weighted by atomic mass is 10.1. The van der Waals surface area contributed by atoms with Crippen molar-refractivity contribution in [3.8, 4) is 0 Å². The Morgan fingerprint density at radius 1 is 1.18 bits per heavy atom. The molecular formula is C16H27Cl2N3O. The number of fused-ring (bicyclic) bond motifs is 1. The Morgan fingerprint density at radius 2 is 2.09 bits per heavy atom. The molecule has 0 spiro atoms. The summed E-state index contributed by atoms with van der Waals surface area (Å²) in [6.07, 6.45) is 5.78. The molecular weight excluding hydrogens is 321 g/mol. The van der Waals surface area contributed by atoms with Crippen molar-refractivity contribution in [3.05, 3.63) is 23.4 Å². The van der Waals surface area contributed by atoms with Crippen molar-refractivity contribution in [1.82, 2.24) is 10.3 Å². The molecule has 3 rings (SSSR count). The molecule has 0 radical (unpaired) electrons. The maximum Gasteiger partial charge on any atom is 0.129 e. The van der Waals surface area contributed by atoms with E-state index in [1.165, 1.54) is 37.9 Å². The van der Waals surface area contributed by atoms with Crippen LogP contribution in [0.15, 0.2) is 12.1 Å². The second-order valence-electron chi connectivity index (χ2n) is 5.85. The predicted molar refractivity (Wildman–Crippen MR) is 95.7 cm³/mol. The first-order chi connectivity index (χ1) is 9.92. The third-order valence-electron chi connectivity index (χ3n) is 4.29. The largest absolute Gasteiger partial charge is 0.381 e. The van der Waals surface area contributed by atoms with Crippen LogP contribution in [0.3, 0.4) is 0 Å². The number of aryl methyl sites for hydroxylation is 1. The van der Waals surface area contributed by atoms with Crippen molar-refractivity contribution in [2.24, 2.45) is 5.92 Å². The van der Waals surface area contributed by atoms with E-state index >= 15 is 0 Å². The fourth-order valence-corrected chi connectivity index (χ4v) is 3.00. The third-order valence-corrected chi connectivity index (χ3v) is 4.29. The van der Waals surface area contributed by atoms with Gasteiger partial charge >= 0.3 is 0 Å². The number of ether oxygens (including phenoxy) is 1. The van der Waals surface area contributed by atoms with E-state index in [0.717, 1.165) is 50.0 Å². The lowest BCUT2D eigenvalue weighted by Gasteiger charge is -2.17. The zero-order valence-corrected chi connectivity index (χ0v) is 14.6. The van der Waals surface area contributed by atoms with Crippen molar-refractivity contribution in [1.29, 1.82) is 0 Å². The van der Waals surface area contributed by atoms with Gasteiger partial charge in [-0.2, -0.15) is 0 Å². The summed E-state index contributed by atoms with van der Waals surface area (Å²) in [7, 11) is 0. The van der Waals surface area contributed by atoms with E-state index in [-0.39, 0.29) is 24.8 Å². The van der Waals surface area contributed by atoms with Crippen LogP contribution in [-0.2, 0) is 17.6 Å². The first-order valence-electron chi connectivity index (χ1n) is 7.93. The van der Waals surface area contributed by atoms with Crippen LogP contribution in [0.25, 0.3) is 0 Å². The lowest BCUT2D eigenvalue weighted by molar-refractivity contribution is 0.124. The molecule has 22 heavy (non-hydrogen) atoms. The fourth-order valence-electron chi connectivity index (χ4n) is 3.00. The maximum absolute atomic E-state index is 5.76. The topological polar surface area (TPSA) is 46.2 Å². The number of nitrogens with zero attached hydrogens (tertiary/aromatic N) is 1. The Balaban J connectivity index is 0.00000121. The lowest BCUT2D eigenvalue weighted by Crippen LogP contribution is -2.14. The first kappa shape index (κ1) is 19.5. The van der Waals surface area contributed by atoms with Gasteiger partial charge in [-0.1, -0.05) is 6.07 Å². The number of aromatic nitrogens is 1. The summed E-state index contributed by atoms with van der Waals surface area (Å²) < 4.78 is 5.76. The molecule has 2 aliphatic heterocycles. The fraction of sp³-hybridized carbons (Fsp3) is 0.688. The molecule has 126 valence electrons. The molecule has 0 aromatic carbocycles. The normalized spacial score (nSPS) is 19.5. The van der Waals surface area contributed by atoms with Crippen LogP contribution in [0.4, 0.5) is 5.82 Å². The van der Waals surface area contributed by atoms with E-state index < -0.39 is 0 Å².